The van der Waals surface area contributed by atoms with E-state index in [1.165, 1.54) is 6.07 Å². The third-order valence-electron chi connectivity index (χ3n) is 2.38. The molecule has 0 aliphatic rings. The van der Waals surface area contributed by atoms with E-state index in [1.807, 2.05) is 12.3 Å². The van der Waals surface area contributed by atoms with Gasteiger partial charge in [-0.1, -0.05) is 27.2 Å². The van der Waals surface area contributed by atoms with Crippen molar-refractivity contribution in [2.75, 3.05) is 5.33 Å². The molecule has 0 spiro atoms. The van der Waals surface area contributed by atoms with Crippen LogP contribution in [0.2, 0.25) is 0 Å². The first-order valence-electron chi connectivity index (χ1n) is 4.95. The third kappa shape index (κ3) is 2.14. The van der Waals surface area contributed by atoms with Crippen molar-refractivity contribution in [3.05, 3.63) is 41.5 Å². The molecule has 0 unspecified atom stereocenters. The lowest BCUT2D eigenvalue weighted by Gasteiger charge is -2.04. The van der Waals surface area contributed by atoms with E-state index < -0.39 is 0 Å². The molecule has 0 aliphatic carbocycles. The molecule has 0 saturated carbocycles. The molecule has 2 aromatic rings. The van der Waals surface area contributed by atoms with E-state index in [-0.39, 0.29) is 5.82 Å². The summed E-state index contributed by atoms with van der Waals surface area (Å²) in [7, 11) is 0. The average Bonchev–Trinajstić information content (AvgIpc) is 2.71. The Morgan fingerprint density at radius 3 is 3.00 bits per heavy atom. The monoisotopic (exact) mass is 283 g/mol. The Labute approximate surface area is 101 Å². The quantitative estimate of drug-likeness (QED) is 0.811. The van der Waals surface area contributed by atoms with Gasteiger partial charge in [0.2, 0.25) is 0 Å². The van der Waals surface area contributed by atoms with E-state index in [0.717, 1.165) is 23.1 Å². The average molecular weight is 284 g/mol. The second-order valence-electron chi connectivity index (χ2n) is 3.48. The molecular weight excluding hydrogens is 273 g/mol. The second-order valence-corrected chi connectivity index (χ2v) is 4.27. The first-order chi connectivity index (χ1) is 7.72. The fraction of sp³-hybridized carbons (Fsp3) is 0.273. The van der Waals surface area contributed by atoms with Crippen LogP contribution < -0.4 is 0 Å². The summed E-state index contributed by atoms with van der Waals surface area (Å²) < 4.78 is 15.0. The highest BCUT2D eigenvalue weighted by Gasteiger charge is 2.07. The van der Waals surface area contributed by atoms with Crippen LogP contribution in [0.4, 0.5) is 4.39 Å². The Hall–Kier alpha value is -1.23. The first-order valence-corrected chi connectivity index (χ1v) is 6.07. The summed E-state index contributed by atoms with van der Waals surface area (Å²) in [6.07, 6.45) is 2.64. The summed E-state index contributed by atoms with van der Waals surface area (Å²) in [6.45, 7) is 1.73. The van der Waals surface area contributed by atoms with Crippen molar-refractivity contribution < 1.29 is 4.39 Å². The van der Waals surface area contributed by atoms with Crippen LogP contribution in [-0.2, 0) is 6.42 Å². The third-order valence-corrected chi connectivity index (χ3v) is 2.77. The summed E-state index contributed by atoms with van der Waals surface area (Å²) in [5.74, 6) is -0.227. The van der Waals surface area contributed by atoms with Crippen molar-refractivity contribution in [1.29, 1.82) is 0 Å². The summed E-state index contributed by atoms with van der Waals surface area (Å²) in [4.78, 5) is 0. The lowest BCUT2D eigenvalue weighted by molar-refractivity contribution is 0.614. The van der Waals surface area contributed by atoms with Crippen molar-refractivity contribution in [1.82, 2.24) is 15.0 Å². The Kier molecular flexibility index (Phi) is 3.33. The highest BCUT2D eigenvalue weighted by molar-refractivity contribution is 9.09. The van der Waals surface area contributed by atoms with Crippen LogP contribution in [0.25, 0.3) is 5.69 Å². The van der Waals surface area contributed by atoms with Gasteiger partial charge in [-0.15, -0.1) is 5.10 Å². The molecule has 3 nitrogen and oxygen atoms in total. The fourth-order valence-electron chi connectivity index (χ4n) is 1.47. The molecule has 0 radical (unpaired) electrons. The molecule has 1 aromatic heterocycles. The van der Waals surface area contributed by atoms with Gasteiger partial charge in [0.1, 0.15) is 5.82 Å². The predicted molar refractivity (Wildman–Crippen MR) is 63.6 cm³/mol. The van der Waals surface area contributed by atoms with Crippen LogP contribution in [0, 0.1) is 12.7 Å². The maximum atomic E-state index is 13.4. The van der Waals surface area contributed by atoms with Crippen LogP contribution in [0.5, 0.6) is 0 Å². The smallest absolute Gasteiger partial charge is 0.128 e. The van der Waals surface area contributed by atoms with Crippen LogP contribution >= 0.6 is 15.9 Å². The normalized spacial score (nSPS) is 10.7. The lowest BCUT2D eigenvalue weighted by atomic mass is 10.2. The maximum Gasteiger partial charge on any atom is 0.128 e. The van der Waals surface area contributed by atoms with Gasteiger partial charge >= 0.3 is 0 Å². The number of benzene rings is 1. The summed E-state index contributed by atoms with van der Waals surface area (Å²) in [5, 5.41) is 8.84. The minimum Gasteiger partial charge on any atom is -0.220 e. The summed E-state index contributed by atoms with van der Waals surface area (Å²) >= 11 is 3.34. The van der Waals surface area contributed by atoms with E-state index in [9.17, 15) is 4.39 Å². The Morgan fingerprint density at radius 1 is 1.44 bits per heavy atom. The van der Waals surface area contributed by atoms with Crippen LogP contribution in [-0.4, -0.2) is 20.3 Å². The topological polar surface area (TPSA) is 30.7 Å². The van der Waals surface area contributed by atoms with Crippen molar-refractivity contribution in [2.24, 2.45) is 0 Å². The van der Waals surface area contributed by atoms with Crippen molar-refractivity contribution in [2.45, 2.75) is 13.3 Å². The number of nitrogens with zero attached hydrogens (tertiary/aromatic N) is 3. The Morgan fingerprint density at radius 2 is 2.25 bits per heavy atom. The van der Waals surface area contributed by atoms with Gasteiger partial charge in [-0.25, -0.2) is 9.07 Å². The number of rotatable bonds is 3. The van der Waals surface area contributed by atoms with Gasteiger partial charge < -0.3 is 0 Å². The van der Waals surface area contributed by atoms with Crippen molar-refractivity contribution in [3.8, 4) is 5.69 Å². The molecule has 16 heavy (non-hydrogen) atoms. The largest absolute Gasteiger partial charge is 0.220 e. The molecule has 2 rings (SSSR count). The SMILES string of the molecule is Cc1c(F)cccc1-n1cc(CCBr)nn1. The zero-order valence-electron chi connectivity index (χ0n) is 8.82. The van der Waals surface area contributed by atoms with Gasteiger partial charge in [-0.2, -0.15) is 0 Å². The first kappa shape index (κ1) is 11.3. The number of hydrogen-bond donors (Lipinski definition) is 0. The molecule has 0 atom stereocenters. The van der Waals surface area contributed by atoms with Crippen molar-refractivity contribution in [3.63, 3.8) is 0 Å². The summed E-state index contributed by atoms with van der Waals surface area (Å²) in [6, 6.07) is 4.93. The highest BCUT2D eigenvalue weighted by atomic mass is 79.9. The van der Waals surface area contributed by atoms with Crippen LogP contribution in [0.1, 0.15) is 11.3 Å². The van der Waals surface area contributed by atoms with Gasteiger partial charge in [-0.3, -0.25) is 0 Å². The second kappa shape index (κ2) is 4.74. The van der Waals surface area contributed by atoms with E-state index >= 15 is 0 Å². The zero-order chi connectivity index (χ0) is 11.5. The van der Waals surface area contributed by atoms with Gasteiger partial charge in [0.25, 0.3) is 0 Å². The summed E-state index contributed by atoms with van der Waals surface area (Å²) in [5.41, 5.74) is 2.20. The van der Waals surface area contributed by atoms with E-state index in [2.05, 4.69) is 26.2 Å². The van der Waals surface area contributed by atoms with Gasteiger partial charge in [-0.05, 0) is 19.1 Å². The standard InChI is InChI=1S/C11H11BrFN3/c1-8-10(13)3-2-4-11(8)16-7-9(5-6-12)14-15-16/h2-4,7H,5-6H2,1H3. The molecule has 0 amide bonds. The molecule has 1 heterocycles. The minimum atomic E-state index is -0.227. The van der Waals surface area contributed by atoms with Crippen LogP contribution in [0.3, 0.4) is 0 Å². The van der Waals surface area contributed by atoms with Gasteiger partial charge in [0.05, 0.1) is 17.6 Å². The molecule has 0 saturated heterocycles. The molecular formula is C11H11BrFN3. The predicted octanol–water partition coefficient (Wildman–Crippen LogP) is 2.65. The number of aromatic nitrogens is 3. The number of aryl methyl sites for hydroxylation is 1. The van der Waals surface area contributed by atoms with Gasteiger partial charge in [0, 0.05) is 17.3 Å². The number of alkyl halides is 1. The van der Waals surface area contributed by atoms with Crippen LogP contribution in [0.15, 0.2) is 24.4 Å². The Bertz CT molecular complexity index is 496. The molecule has 1 aromatic carbocycles. The zero-order valence-corrected chi connectivity index (χ0v) is 10.4. The lowest BCUT2D eigenvalue weighted by Crippen LogP contribution is -1.99. The van der Waals surface area contributed by atoms with E-state index in [4.69, 9.17) is 0 Å². The van der Waals surface area contributed by atoms with Gasteiger partial charge in [0.15, 0.2) is 0 Å². The molecule has 5 heteroatoms. The molecule has 0 N–H and O–H groups in total. The molecule has 0 bridgehead atoms. The minimum absolute atomic E-state index is 0.227. The Balaban J connectivity index is 2.39. The highest BCUT2D eigenvalue weighted by Crippen LogP contribution is 2.16. The fourth-order valence-corrected chi connectivity index (χ4v) is 1.88. The number of halogens is 2. The molecule has 0 aliphatic heterocycles. The molecule has 84 valence electrons. The molecule has 0 fully saturated rings. The number of hydrogen-bond acceptors (Lipinski definition) is 2. The van der Waals surface area contributed by atoms with Crippen molar-refractivity contribution >= 4 is 15.9 Å². The van der Waals surface area contributed by atoms with E-state index in [1.54, 1.807) is 17.7 Å². The maximum absolute atomic E-state index is 13.4. The van der Waals surface area contributed by atoms with E-state index in [0.29, 0.717) is 5.56 Å².